The third-order valence-electron chi connectivity index (χ3n) is 4.05. The predicted octanol–water partition coefficient (Wildman–Crippen LogP) is 3.16. The highest BCUT2D eigenvalue weighted by Gasteiger charge is 2.26. The molecule has 1 heterocycles. The Bertz CT molecular complexity index is 1220. The van der Waals surface area contributed by atoms with Crippen LogP contribution in [0.25, 0.3) is 10.9 Å². The summed E-state index contributed by atoms with van der Waals surface area (Å²) in [5.74, 6) is 0.425. The highest BCUT2D eigenvalue weighted by atomic mass is 32.2. The van der Waals surface area contributed by atoms with Crippen LogP contribution < -0.4 is 4.74 Å². The highest BCUT2D eigenvalue weighted by molar-refractivity contribution is 7.92. The summed E-state index contributed by atoms with van der Waals surface area (Å²) in [6.45, 7) is 5.68. The summed E-state index contributed by atoms with van der Waals surface area (Å²) in [6.07, 6.45) is 3.74. The number of fused-ring (bicyclic) bond motifs is 1. The summed E-state index contributed by atoms with van der Waals surface area (Å²) in [4.78, 5) is 0.00824. The Hall–Kier alpha value is -2.58. The summed E-state index contributed by atoms with van der Waals surface area (Å²) in [6, 6.07) is 11.1. The van der Waals surface area contributed by atoms with Crippen LogP contribution >= 0.6 is 0 Å². The second-order valence-corrected chi connectivity index (χ2v) is 9.92. The lowest BCUT2D eigenvalue weighted by Gasteiger charge is -2.06. The Morgan fingerprint density at radius 1 is 1.07 bits per heavy atom. The first-order valence-electron chi connectivity index (χ1n) is 8.05. The molecule has 1 aromatic heterocycles. The number of rotatable bonds is 6. The molecule has 27 heavy (non-hydrogen) atoms. The van der Waals surface area contributed by atoms with Gasteiger partial charge in [-0.2, -0.15) is 0 Å². The number of hydrogen-bond acceptors (Lipinski definition) is 5. The number of nitrogens with zero attached hydrogens (tertiary/aromatic N) is 1. The molecule has 0 saturated carbocycles. The zero-order valence-electron chi connectivity index (χ0n) is 14.9. The van der Waals surface area contributed by atoms with Gasteiger partial charge in [0.1, 0.15) is 12.4 Å². The minimum Gasteiger partial charge on any atom is -0.490 e. The number of ether oxygens (including phenoxy) is 1. The molecule has 3 aromatic rings. The number of aryl methyl sites for hydroxylation is 1. The first-order valence-corrected chi connectivity index (χ1v) is 11.4. The van der Waals surface area contributed by atoms with Crippen LogP contribution in [0.3, 0.4) is 0 Å². The lowest BCUT2D eigenvalue weighted by molar-refractivity contribution is 0.364. The Kier molecular flexibility index (Phi) is 4.88. The second-order valence-electron chi connectivity index (χ2n) is 6.15. The maximum Gasteiger partial charge on any atom is 0.236 e. The lowest BCUT2D eigenvalue weighted by atomic mass is 10.2. The molecular formula is C19H19NO5S2. The molecule has 0 N–H and O–H groups in total. The van der Waals surface area contributed by atoms with Gasteiger partial charge in [-0.05, 0) is 37.3 Å². The van der Waals surface area contributed by atoms with Crippen molar-refractivity contribution in [3.05, 3.63) is 66.9 Å². The standard InChI is InChI=1S/C19H19NO5S2/c1-4-11-25-15-7-10-18-17(12-15)19(13-20(18)26(3,21)22)27(23,24)16-8-5-14(2)6-9-16/h4-10,12-13H,1,11H2,2-3H3. The van der Waals surface area contributed by atoms with E-state index in [1.165, 1.54) is 24.3 Å². The molecule has 8 heteroatoms. The third-order valence-corrected chi connectivity index (χ3v) is 6.87. The van der Waals surface area contributed by atoms with E-state index in [1.54, 1.807) is 24.3 Å². The van der Waals surface area contributed by atoms with E-state index in [-0.39, 0.29) is 27.3 Å². The van der Waals surface area contributed by atoms with E-state index in [1.807, 2.05) is 6.92 Å². The van der Waals surface area contributed by atoms with E-state index in [0.29, 0.717) is 5.75 Å². The van der Waals surface area contributed by atoms with Crippen molar-refractivity contribution in [2.45, 2.75) is 16.7 Å². The number of aromatic nitrogens is 1. The van der Waals surface area contributed by atoms with Crippen LogP contribution in [-0.2, 0) is 19.9 Å². The smallest absolute Gasteiger partial charge is 0.236 e. The monoisotopic (exact) mass is 405 g/mol. The largest absolute Gasteiger partial charge is 0.490 e. The van der Waals surface area contributed by atoms with Gasteiger partial charge in [-0.25, -0.2) is 20.8 Å². The van der Waals surface area contributed by atoms with Crippen LogP contribution in [0.1, 0.15) is 5.56 Å². The molecule has 3 rings (SSSR count). The fourth-order valence-corrected chi connectivity index (χ4v) is 5.05. The van der Waals surface area contributed by atoms with Crippen molar-refractivity contribution in [2.24, 2.45) is 0 Å². The molecule has 0 aliphatic rings. The molecule has 0 fully saturated rings. The van der Waals surface area contributed by atoms with Crippen LogP contribution in [0, 0.1) is 6.92 Å². The number of benzene rings is 2. The SMILES string of the molecule is C=CCOc1ccc2c(c1)c(S(=O)(=O)c1ccc(C)cc1)cn2S(C)(=O)=O. The molecule has 0 atom stereocenters. The molecular weight excluding hydrogens is 386 g/mol. The van der Waals surface area contributed by atoms with Gasteiger partial charge in [0, 0.05) is 11.6 Å². The zero-order chi connectivity index (χ0) is 19.8. The van der Waals surface area contributed by atoms with Crippen molar-refractivity contribution in [1.29, 1.82) is 0 Å². The van der Waals surface area contributed by atoms with Gasteiger partial charge in [-0.15, -0.1) is 0 Å². The van der Waals surface area contributed by atoms with Crippen LogP contribution in [0.2, 0.25) is 0 Å². The number of sulfone groups is 1. The molecule has 0 amide bonds. The molecule has 0 radical (unpaired) electrons. The van der Waals surface area contributed by atoms with Crippen LogP contribution in [-0.4, -0.2) is 33.7 Å². The Morgan fingerprint density at radius 2 is 1.74 bits per heavy atom. The first-order chi connectivity index (χ1) is 12.6. The topological polar surface area (TPSA) is 82.4 Å². The van der Waals surface area contributed by atoms with Gasteiger partial charge in [0.15, 0.2) is 0 Å². The number of hydrogen-bond donors (Lipinski definition) is 0. The van der Waals surface area contributed by atoms with E-state index in [9.17, 15) is 16.8 Å². The average molecular weight is 405 g/mol. The van der Waals surface area contributed by atoms with Crippen LogP contribution in [0.15, 0.2) is 71.1 Å². The molecule has 142 valence electrons. The van der Waals surface area contributed by atoms with E-state index in [4.69, 9.17) is 4.74 Å². The highest BCUT2D eigenvalue weighted by Crippen LogP contribution is 2.33. The van der Waals surface area contributed by atoms with E-state index < -0.39 is 19.9 Å². The van der Waals surface area contributed by atoms with Gasteiger partial charge < -0.3 is 4.74 Å². The van der Waals surface area contributed by atoms with E-state index in [0.717, 1.165) is 22.0 Å². The zero-order valence-corrected chi connectivity index (χ0v) is 16.5. The average Bonchev–Trinajstić information content (AvgIpc) is 3.00. The fraction of sp³-hybridized carbons (Fsp3) is 0.158. The maximum absolute atomic E-state index is 13.2. The first kappa shape index (κ1) is 19.2. The third kappa shape index (κ3) is 3.63. The molecule has 0 aliphatic carbocycles. The fourth-order valence-electron chi connectivity index (χ4n) is 2.73. The Balaban J connectivity index is 2.30. The lowest BCUT2D eigenvalue weighted by Crippen LogP contribution is -2.08. The van der Waals surface area contributed by atoms with Crippen molar-refractivity contribution < 1.29 is 21.6 Å². The van der Waals surface area contributed by atoms with Gasteiger partial charge in [-0.1, -0.05) is 30.4 Å². The normalized spacial score (nSPS) is 12.2. The van der Waals surface area contributed by atoms with Gasteiger partial charge >= 0.3 is 0 Å². The maximum atomic E-state index is 13.2. The summed E-state index contributed by atoms with van der Waals surface area (Å²) in [7, 11) is -7.61. The van der Waals surface area contributed by atoms with Crippen molar-refractivity contribution >= 4 is 30.8 Å². The molecule has 0 spiro atoms. The minimum atomic E-state index is -3.92. The Labute approximate surface area is 158 Å². The van der Waals surface area contributed by atoms with Crippen LogP contribution in [0.5, 0.6) is 5.75 Å². The van der Waals surface area contributed by atoms with E-state index in [2.05, 4.69) is 6.58 Å². The molecule has 2 aromatic carbocycles. The Morgan fingerprint density at radius 3 is 2.33 bits per heavy atom. The summed E-state index contributed by atoms with van der Waals surface area (Å²) >= 11 is 0. The quantitative estimate of drug-likeness (QED) is 0.589. The summed E-state index contributed by atoms with van der Waals surface area (Å²) < 4.78 is 57.1. The van der Waals surface area contributed by atoms with Crippen molar-refractivity contribution in [3.63, 3.8) is 0 Å². The van der Waals surface area contributed by atoms with Crippen molar-refractivity contribution in [3.8, 4) is 5.75 Å². The van der Waals surface area contributed by atoms with Crippen molar-refractivity contribution in [1.82, 2.24) is 3.97 Å². The summed E-state index contributed by atoms with van der Waals surface area (Å²) in [5, 5.41) is 0.280. The van der Waals surface area contributed by atoms with Gasteiger partial charge in [-0.3, -0.25) is 0 Å². The van der Waals surface area contributed by atoms with Gasteiger partial charge in [0.05, 0.1) is 21.6 Å². The molecule has 0 unspecified atom stereocenters. The predicted molar refractivity (Wildman–Crippen MR) is 105 cm³/mol. The molecule has 6 nitrogen and oxygen atoms in total. The molecule has 0 bridgehead atoms. The van der Waals surface area contributed by atoms with E-state index >= 15 is 0 Å². The molecule has 0 saturated heterocycles. The molecule has 0 aliphatic heterocycles. The van der Waals surface area contributed by atoms with Gasteiger partial charge in [0.25, 0.3) is 0 Å². The van der Waals surface area contributed by atoms with Crippen molar-refractivity contribution in [2.75, 3.05) is 12.9 Å². The summed E-state index contributed by atoms with van der Waals surface area (Å²) in [5.41, 5.74) is 1.20. The van der Waals surface area contributed by atoms with Crippen LogP contribution in [0.4, 0.5) is 0 Å². The minimum absolute atomic E-state index is 0.0872. The second kappa shape index (κ2) is 6.86. The van der Waals surface area contributed by atoms with Gasteiger partial charge in [0.2, 0.25) is 19.9 Å².